The van der Waals surface area contributed by atoms with Gasteiger partial charge in [0, 0.05) is 6.61 Å². The Balaban J connectivity index is 2.29. The largest absolute Gasteiger partial charge is 0.471 e. The predicted octanol–water partition coefficient (Wildman–Crippen LogP) is 0.776. The Labute approximate surface area is 107 Å². The van der Waals surface area contributed by atoms with Gasteiger partial charge in [0.25, 0.3) is 0 Å². The third-order valence-corrected chi connectivity index (χ3v) is 4.17. The zero-order valence-corrected chi connectivity index (χ0v) is 10.5. The van der Waals surface area contributed by atoms with E-state index in [9.17, 15) is 22.8 Å². The van der Waals surface area contributed by atoms with E-state index in [0.29, 0.717) is 13.0 Å². The summed E-state index contributed by atoms with van der Waals surface area (Å²) in [6, 6.07) is 0. The third-order valence-electron chi connectivity index (χ3n) is 4.17. The molecular formula is C11H14F3NO4. The number of hydrogen-bond acceptors (Lipinski definition) is 4. The molecule has 0 aromatic heterocycles. The molecule has 0 radical (unpaired) electrons. The lowest BCUT2D eigenvalue weighted by Crippen LogP contribution is -2.78. The van der Waals surface area contributed by atoms with Crippen LogP contribution in [-0.4, -0.2) is 42.9 Å². The molecule has 1 aliphatic carbocycles. The molecule has 1 amide bonds. The maximum Gasteiger partial charge on any atom is 0.471 e. The van der Waals surface area contributed by atoms with Crippen LogP contribution >= 0.6 is 0 Å². The first-order valence-electron chi connectivity index (χ1n) is 5.79. The van der Waals surface area contributed by atoms with Crippen molar-refractivity contribution in [1.29, 1.82) is 0 Å². The van der Waals surface area contributed by atoms with E-state index >= 15 is 0 Å². The molecule has 1 saturated carbocycles. The molecule has 108 valence electrons. The number of carbonyl (C=O) groups excluding carboxylic acids is 2. The lowest BCUT2D eigenvalue weighted by molar-refractivity contribution is -0.205. The zero-order valence-electron chi connectivity index (χ0n) is 10.5. The molecule has 0 unspecified atom stereocenters. The number of rotatable bonds is 2. The predicted molar refractivity (Wildman–Crippen MR) is 56.0 cm³/mol. The SMILES string of the molecule is COC(=O)[C@@]1(NC(=O)C(F)(F)F)C[C@@H]2CCO[C@@]21C. The van der Waals surface area contributed by atoms with Crippen LogP contribution in [0.3, 0.4) is 0 Å². The lowest BCUT2D eigenvalue weighted by atomic mass is 9.56. The summed E-state index contributed by atoms with van der Waals surface area (Å²) in [4.78, 5) is 23.0. The van der Waals surface area contributed by atoms with Gasteiger partial charge in [-0.2, -0.15) is 13.2 Å². The number of amides is 1. The van der Waals surface area contributed by atoms with Gasteiger partial charge in [0.2, 0.25) is 0 Å². The second kappa shape index (κ2) is 4.09. The Hall–Kier alpha value is -1.31. The van der Waals surface area contributed by atoms with Crippen LogP contribution in [0.25, 0.3) is 0 Å². The van der Waals surface area contributed by atoms with Gasteiger partial charge in [-0.05, 0) is 25.7 Å². The fourth-order valence-electron chi connectivity index (χ4n) is 2.97. The Morgan fingerprint density at radius 1 is 1.42 bits per heavy atom. The van der Waals surface area contributed by atoms with Crippen molar-refractivity contribution in [2.45, 2.75) is 37.1 Å². The van der Waals surface area contributed by atoms with Crippen LogP contribution in [0.4, 0.5) is 13.2 Å². The van der Waals surface area contributed by atoms with Gasteiger partial charge in [0.05, 0.1) is 7.11 Å². The second-order valence-electron chi connectivity index (χ2n) is 4.99. The molecule has 1 N–H and O–H groups in total. The standard InChI is InChI=1S/C11H14F3NO4/c1-9-6(3-4-19-9)5-10(9,8(17)18-2)15-7(16)11(12,13)14/h6H,3-5H2,1-2H3,(H,15,16)/t6-,9-,10-/m0/s1. The highest BCUT2D eigenvalue weighted by atomic mass is 19.4. The molecule has 1 aliphatic heterocycles. The molecule has 5 nitrogen and oxygen atoms in total. The smallest absolute Gasteiger partial charge is 0.467 e. The molecule has 0 aromatic rings. The Morgan fingerprint density at radius 2 is 2.05 bits per heavy atom. The zero-order chi connectivity index (χ0) is 14.5. The van der Waals surface area contributed by atoms with Gasteiger partial charge in [-0.3, -0.25) is 4.79 Å². The molecule has 1 saturated heterocycles. The molecule has 2 aliphatic rings. The highest BCUT2D eigenvalue weighted by Gasteiger charge is 2.72. The van der Waals surface area contributed by atoms with Crippen molar-refractivity contribution in [3.05, 3.63) is 0 Å². The summed E-state index contributed by atoms with van der Waals surface area (Å²) in [5, 5.41) is 1.77. The van der Waals surface area contributed by atoms with Crippen LogP contribution in [-0.2, 0) is 19.1 Å². The topological polar surface area (TPSA) is 64.6 Å². The molecule has 0 spiro atoms. The van der Waals surface area contributed by atoms with Crippen LogP contribution in [0.5, 0.6) is 0 Å². The van der Waals surface area contributed by atoms with E-state index in [0.717, 1.165) is 7.11 Å². The van der Waals surface area contributed by atoms with Crippen LogP contribution in [0, 0.1) is 5.92 Å². The van der Waals surface area contributed by atoms with Crippen molar-refractivity contribution in [3.8, 4) is 0 Å². The Morgan fingerprint density at radius 3 is 2.53 bits per heavy atom. The maximum absolute atomic E-state index is 12.4. The summed E-state index contributed by atoms with van der Waals surface area (Å²) in [7, 11) is 1.06. The van der Waals surface area contributed by atoms with Crippen molar-refractivity contribution in [3.63, 3.8) is 0 Å². The fourth-order valence-corrected chi connectivity index (χ4v) is 2.97. The van der Waals surface area contributed by atoms with E-state index in [1.54, 1.807) is 5.32 Å². The number of halogens is 3. The summed E-state index contributed by atoms with van der Waals surface area (Å²) in [5.74, 6) is -3.13. The number of carbonyl (C=O) groups is 2. The van der Waals surface area contributed by atoms with E-state index in [1.807, 2.05) is 0 Å². The van der Waals surface area contributed by atoms with Crippen LogP contribution in [0.15, 0.2) is 0 Å². The number of esters is 1. The molecular weight excluding hydrogens is 267 g/mol. The quantitative estimate of drug-likeness (QED) is 0.760. The van der Waals surface area contributed by atoms with E-state index in [1.165, 1.54) is 6.92 Å². The molecule has 0 bridgehead atoms. The summed E-state index contributed by atoms with van der Waals surface area (Å²) in [5.41, 5.74) is -2.89. The maximum atomic E-state index is 12.4. The first kappa shape index (κ1) is 14.1. The van der Waals surface area contributed by atoms with E-state index in [-0.39, 0.29) is 12.3 Å². The summed E-state index contributed by atoms with van der Waals surface area (Å²) in [6.07, 6.45) is -4.31. The van der Waals surface area contributed by atoms with Crippen molar-refractivity contribution in [1.82, 2.24) is 5.32 Å². The van der Waals surface area contributed by atoms with Gasteiger partial charge < -0.3 is 14.8 Å². The molecule has 2 rings (SSSR count). The lowest BCUT2D eigenvalue weighted by Gasteiger charge is -2.56. The average molecular weight is 281 g/mol. The van der Waals surface area contributed by atoms with Gasteiger partial charge in [0.15, 0.2) is 5.54 Å². The minimum absolute atomic E-state index is 0.0554. The molecule has 3 atom stereocenters. The first-order valence-corrected chi connectivity index (χ1v) is 5.79. The van der Waals surface area contributed by atoms with E-state index in [4.69, 9.17) is 4.74 Å². The van der Waals surface area contributed by atoms with E-state index in [2.05, 4.69) is 4.74 Å². The fraction of sp³-hybridized carbons (Fsp3) is 0.818. The second-order valence-corrected chi connectivity index (χ2v) is 4.99. The van der Waals surface area contributed by atoms with Gasteiger partial charge in [-0.25, -0.2) is 4.79 Å². The molecule has 8 heteroatoms. The summed E-state index contributed by atoms with van der Waals surface area (Å²) >= 11 is 0. The Kier molecular flexibility index (Phi) is 3.04. The highest BCUT2D eigenvalue weighted by Crippen LogP contribution is 2.55. The van der Waals surface area contributed by atoms with Gasteiger partial charge in [-0.15, -0.1) is 0 Å². The van der Waals surface area contributed by atoms with Crippen molar-refractivity contribution in [2.24, 2.45) is 5.92 Å². The monoisotopic (exact) mass is 281 g/mol. The minimum Gasteiger partial charge on any atom is -0.467 e. The number of methoxy groups -OCH3 is 1. The number of hydrogen-bond donors (Lipinski definition) is 1. The number of nitrogens with one attached hydrogen (secondary N) is 1. The van der Waals surface area contributed by atoms with Crippen LogP contribution in [0.1, 0.15) is 19.8 Å². The number of fused-ring (bicyclic) bond motifs is 1. The molecule has 0 aromatic carbocycles. The van der Waals surface area contributed by atoms with Crippen molar-refractivity contribution >= 4 is 11.9 Å². The summed E-state index contributed by atoms with van der Waals surface area (Å²) in [6.45, 7) is 1.88. The molecule has 19 heavy (non-hydrogen) atoms. The minimum atomic E-state index is -5.05. The van der Waals surface area contributed by atoms with Crippen LogP contribution in [0.2, 0.25) is 0 Å². The van der Waals surface area contributed by atoms with Crippen molar-refractivity contribution in [2.75, 3.05) is 13.7 Å². The van der Waals surface area contributed by atoms with Gasteiger partial charge >= 0.3 is 18.1 Å². The van der Waals surface area contributed by atoms with Crippen molar-refractivity contribution < 1.29 is 32.2 Å². The normalized spacial score (nSPS) is 37.2. The third kappa shape index (κ3) is 1.80. The first-order chi connectivity index (χ1) is 8.67. The number of ether oxygens (including phenoxy) is 2. The Bertz CT molecular complexity index is 425. The number of alkyl halides is 3. The molecule has 2 fully saturated rings. The highest BCUT2D eigenvalue weighted by molar-refractivity contribution is 5.92. The van der Waals surface area contributed by atoms with Gasteiger partial charge in [0.1, 0.15) is 5.60 Å². The van der Waals surface area contributed by atoms with Crippen LogP contribution < -0.4 is 5.32 Å². The van der Waals surface area contributed by atoms with E-state index < -0.39 is 29.2 Å². The average Bonchev–Trinajstić information content (AvgIpc) is 2.62. The summed E-state index contributed by atoms with van der Waals surface area (Å²) < 4.78 is 47.1. The van der Waals surface area contributed by atoms with Gasteiger partial charge in [-0.1, -0.05) is 0 Å². The molecule has 1 heterocycles.